The van der Waals surface area contributed by atoms with Crippen LogP contribution < -0.4 is 5.32 Å². The van der Waals surface area contributed by atoms with E-state index in [1.54, 1.807) is 6.07 Å². The van der Waals surface area contributed by atoms with E-state index in [2.05, 4.69) is 20.3 Å². The molecule has 0 aromatic carbocycles. The predicted octanol–water partition coefficient (Wildman–Crippen LogP) is 2.59. The Morgan fingerprint density at radius 3 is 2.78 bits per heavy atom. The van der Waals surface area contributed by atoms with Crippen LogP contribution in [0.1, 0.15) is 40.0 Å². The zero-order chi connectivity index (χ0) is 18.2. The molecule has 0 atom stereocenters. The molecular weight excluding hydrogens is 345 g/mol. The Morgan fingerprint density at radius 2 is 2.00 bits per heavy atom. The van der Waals surface area contributed by atoms with Crippen molar-refractivity contribution in [3.05, 3.63) is 52.9 Å². The number of nitrogens with zero attached hydrogens (tertiary/aromatic N) is 3. The summed E-state index contributed by atoms with van der Waals surface area (Å²) in [5.74, 6) is 0.00700. The fraction of sp³-hybridized carbons (Fsp3) is 0.300. The number of nitrogens with one attached hydrogen (secondary N) is 2. The molecule has 6 rings (SSSR count). The van der Waals surface area contributed by atoms with Crippen LogP contribution in [0.15, 0.2) is 24.5 Å². The van der Waals surface area contributed by atoms with Gasteiger partial charge in [-0.25, -0.2) is 15.0 Å². The molecule has 1 spiro atoms. The van der Waals surface area contributed by atoms with E-state index in [1.807, 2.05) is 6.20 Å². The van der Waals surface area contributed by atoms with Crippen LogP contribution in [-0.4, -0.2) is 31.4 Å². The molecular formula is C20H16FN5O. The quantitative estimate of drug-likeness (QED) is 0.653. The average molecular weight is 361 g/mol. The smallest absolute Gasteiger partial charge is 0.253 e. The van der Waals surface area contributed by atoms with E-state index in [0.29, 0.717) is 11.4 Å². The van der Waals surface area contributed by atoms with Gasteiger partial charge in [0.2, 0.25) is 5.95 Å². The van der Waals surface area contributed by atoms with Gasteiger partial charge >= 0.3 is 0 Å². The molecule has 0 unspecified atom stereocenters. The molecule has 2 aliphatic carbocycles. The van der Waals surface area contributed by atoms with Gasteiger partial charge in [0.25, 0.3) is 5.91 Å². The fourth-order valence-electron chi connectivity index (χ4n) is 4.31. The molecule has 0 radical (unpaired) electrons. The van der Waals surface area contributed by atoms with Gasteiger partial charge in [-0.1, -0.05) is 0 Å². The number of aryl methyl sites for hydroxylation is 1. The lowest BCUT2D eigenvalue weighted by molar-refractivity contribution is 0.0917. The number of carbonyl (C=O) groups excluding carboxylic acids is 1. The van der Waals surface area contributed by atoms with Crippen LogP contribution >= 0.6 is 0 Å². The normalized spacial score (nSPS) is 18.5. The number of aromatic amines is 1. The molecule has 1 aliphatic heterocycles. The van der Waals surface area contributed by atoms with Crippen LogP contribution in [-0.2, 0) is 19.3 Å². The number of H-pyrrole nitrogens is 1. The van der Waals surface area contributed by atoms with Crippen molar-refractivity contribution in [3.63, 3.8) is 0 Å². The highest BCUT2D eigenvalue weighted by atomic mass is 19.1. The van der Waals surface area contributed by atoms with Gasteiger partial charge in [0.05, 0.1) is 17.0 Å². The molecule has 3 aromatic heterocycles. The van der Waals surface area contributed by atoms with Gasteiger partial charge in [-0.3, -0.25) is 4.79 Å². The first-order valence-electron chi connectivity index (χ1n) is 9.16. The van der Waals surface area contributed by atoms with Gasteiger partial charge in [-0.05, 0) is 48.9 Å². The molecule has 1 amide bonds. The second-order valence-electron chi connectivity index (χ2n) is 7.68. The van der Waals surface area contributed by atoms with Gasteiger partial charge in [0.1, 0.15) is 0 Å². The van der Waals surface area contributed by atoms with Crippen molar-refractivity contribution >= 4 is 5.91 Å². The molecule has 7 heteroatoms. The summed E-state index contributed by atoms with van der Waals surface area (Å²) in [5.41, 5.74) is 6.32. The highest BCUT2D eigenvalue weighted by Gasteiger charge is 2.49. The first kappa shape index (κ1) is 15.0. The number of carbonyl (C=O) groups is 1. The molecule has 1 saturated carbocycles. The molecule has 27 heavy (non-hydrogen) atoms. The molecule has 3 aliphatic rings. The number of pyridine rings is 1. The fourth-order valence-corrected chi connectivity index (χ4v) is 4.31. The second kappa shape index (κ2) is 5.00. The number of amides is 1. The molecule has 1 fully saturated rings. The summed E-state index contributed by atoms with van der Waals surface area (Å²) in [6.45, 7) is 0. The van der Waals surface area contributed by atoms with E-state index in [9.17, 15) is 9.18 Å². The number of halogens is 1. The molecule has 2 N–H and O–H groups in total. The lowest BCUT2D eigenvalue weighted by Gasteiger charge is -2.23. The number of hydrogen-bond acceptors (Lipinski definition) is 4. The van der Waals surface area contributed by atoms with Crippen LogP contribution in [0.3, 0.4) is 0 Å². The zero-order valence-electron chi connectivity index (χ0n) is 14.5. The number of rotatable bonds is 1. The largest absolute Gasteiger partial charge is 0.356 e. The molecule has 3 aromatic rings. The van der Waals surface area contributed by atoms with E-state index in [-0.39, 0.29) is 11.4 Å². The lowest BCUT2D eigenvalue weighted by Crippen LogP contribution is -2.43. The van der Waals surface area contributed by atoms with E-state index in [4.69, 9.17) is 4.98 Å². The second-order valence-corrected chi connectivity index (χ2v) is 7.68. The van der Waals surface area contributed by atoms with Crippen molar-refractivity contribution in [3.8, 4) is 22.8 Å². The summed E-state index contributed by atoms with van der Waals surface area (Å²) in [6, 6.07) is 2.92. The maximum atomic E-state index is 13.1. The Morgan fingerprint density at radius 1 is 1.11 bits per heavy atom. The first-order valence-corrected chi connectivity index (χ1v) is 9.16. The van der Waals surface area contributed by atoms with Crippen molar-refractivity contribution in [1.29, 1.82) is 0 Å². The Balaban J connectivity index is 1.49. The lowest BCUT2D eigenvalue weighted by atomic mass is 9.89. The van der Waals surface area contributed by atoms with E-state index in [1.165, 1.54) is 12.3 Å². The van der Waals surface area contributed by atoms with Crippen LogP contribution in [0.5, 0.6) is 0 Å². The minimum absolute atomic E-state index is 0.0308. The van der Waals surface area contributed by atoms with Crippen molar-refractivity contribution < 1.29 is 9.18 Å². The summed E-state index contributed by atoms with van der Waals surface area (Å²) in [4.78, 5) is 29.1. The number of aromatic nitrogens is 4. The van der Waals surface area contributed by atoms with Crippen LogP contribution in [0, 0.1) is 5.95 Å². The van der Waals surface area contributed by atoms with E-state index >= 15 is 0 Å². The third kappa shape index (κ3) is 2.17. The molecule has 0 bridgehead atoms. The minimum atomic E-state index is -0.531. The summed E-state index contributed by atoms with van der Waals surface area (Å²) in [6.07, 6.45) is 7.81. The topological polar surface area (TPSA) is 83.6 Å². The highest BCUT2D eigenvalue weighted by molar-refractivity contribution is 6.01. The average Bonchev–Trinajstić information content (AvgIpc) is 3.28. The van der Waals surface area contributed by atoms with E-state index in [0.717, 1.165) is 65.9 Å². The molecule has 0 saturated heterocycles. The monoisotopic (exact) mass is 361 g/mol. The van der Waals surface area contributed by atoms with Crippen molar-refractivity contribution in [2.45, 2.75) is 37.6 Å². The SMILES string of the molecule is O=C1NC2(CC2)Cc2[nH]c3c(c21)CCc1cnc(-c2ccc(F)nc2)nc1-3. The highest BCUT2D eigenvalue weighted by Crippen LogP contribution is 2.45. The van der Waals surface area contributed by atoms with Crippen LogP contribution in [0.2, 0.25) is 0 Å². The van der Waals surface area contributed by atoms with Gasteiger partial charge in [0.15, 0.2) is 5.82 Å². The Labute approximate surface area is 154 Å². The number of hydrogen-bond donors (Lipinski definition) is 2. The Kier molecular flexibility index (Phi) is 2.78. The van der Waals surface area contributed by atoms with Crippen LogP contribution in [0.25, 0.3) is 22.8 Å². The predicted molar refractivity (Wildman–Crippen MR) is 95.6 cm³/mol. The maximum absolute atomic E-state index is 13.1. The van der Waals surface area contributed by atoms with Crippen LogP contribution in [0.4, 0.5) is 4.39 Å². The Bertz CT molecular complexity index is 1110. The third-order valence-corrected chi connectivity index (χ3v) is 5.89. The van der Waals surface area contributed by atoms with Gasteiger partial charge in [-0.2, -0.15) is 4.39 Å². The molecule has 4 heterocycles. The van der Waals surface area contributed by atoms with Gasteiger partial charge in [0, 0.05) is 35.6 Å². The third-order valence-electron chi connectivity index (χ3n) is 5.89. The molecule has 134 valence electrons. The zero-order valence-corrected chi connectivity index (χ0v) is 14.5. The molecule has 6 nitrogen and oxygen atoms in total. The summed E-state index contributed by atoms with van der Waals surface area (Å²) < 4.78 is 13.1. The van der Waals surface area contributed by atoms with E-state index < -0.39 is 5.95 Å². The minimum Gasteiger partial charge on any atom is -0.356 e. The summed E-state index contributed by atoms with van der Waals surface area (Å²) in [5, 5.41) is 3.19. The summed E-state index contributed by atoms with van der Waals surface area (Å²) >= 11 is 0. The first-order chi connectivity index (χ1) is 13.1. The standard InChI is InChI=1S/C20H16FN5O/c21-14-4-2-11(9-22-14)18-23-8-10-1-3-12-15-13(24-17(12)16(10)25-18)7-20(5-6-20)26-19(15)27/h2,4,8-9,24H,1,3,5-7H2,(H,26,27). The van der Waals surface area contributed by atoms with Gasteiger partial charge in [-0.15, -0.1) is 0 Å². The number of fused-ring (bicyclic) bond motifs is 5. The van der Waals surface area contributed by atoms with Gasteiger partial charge < -0.3 is 10.3 Å². The summed E-state index contributed by atoms with van der Waals surface area (Å²) in [7, 11) is 0. The maximum Gasteiger partial charge on any atom is 0.253 e. The van der Waals surface area contributed by atoms with Crippen molar-refractivity contribution in [2.75, 3.05) is 0 Å². The van der Waals surface area contributed by atoms with Crippen molar-refractivity contribution in [2.24, 2.45) is 0 Å². The Hall–Kier alpha value is -3.09. The van der Waals surface area contributed by atoms with Crippen molar-refractivity contribution in [1.82, 2.24) is 25.3 Å².